The van der Waals surface area contributed by atoms with Gasteiger partial charge in [-0.3, -0.25) is 29.8 Å². The molecule has 0 unspecified atom stereocenters. The van der Waals surface area contributed by atoms with E-state index in [2.05, 4.69) is 5.32 Å². The molecule has 0 bridgehead atoms. The quantitative estimate of drug-likeness (QED) is 0.423. The molecule has 1 aliphatic rings. The number of nitro benzene ring substituents is 2. The molecular weight excluding hydrogens is 459 g/mol. The lowest BCUT2D eigenvalue weighted by Crippen LogP contribution is -2.36. The predicted octanol–water partition coefficient (Wildman–Crippen LogP) is 3.77. The van der Waals surface area contributed by atoms with Crippen LogP contribution in [0.5, 0.6) is 0 Å². The maximum absolute atomic E-state index is 13.1. The van der Waals surface area contributed by atoms with Gasteiger partial charge in [0.2, 0.25) is 0 Å². The van der Waals surface area contributed by atoms with E-state index in [1.54, 1.807) is 11.0 Å². The zero-order chi connectivity index (χ0) is 25.1. The van der Waals surface area contributed by atoms with Crippen molar-refractivity contribution in [2.45, 2.75) is 19.5 Å². The van der Waals surface area contributed by atoms with Crippen LogP contribution in [0.2, 0.25) is 0 Å². The molecule has 0 fully saturated rings. The molecule has 2 amide bonds. The number of halogens is 1. The highest BCUT2D eigenvalue weighted by Gasteiger charge is 2.23. The highest BCUT2D eigenvalue weighted by atomic mass is 19.1. The standard InChI is InChI=1S/C24H19FN4O6/c25-20-5-3-16(4-6-20)24(31)27-8-7-17-9-15(1-2-18(17)14-27)13-26-23(30)19-10-21(28(32)33)12-22(11-19)29(34)35/h1-6,9-12H,7-8,13-14H2,(H,26,30). The first-order valence-corrected chi connectivity index (χ1v) is 10.6. The molecule has 35 heavy (non-hydrogen) atoms. The Labute approximate surface area is 198 Å². The highest BCUT2D eigenvalue weighted by molar-refractivity contribution is 5.95. The van der Waals surface area contributed by atoms with Gasteiger partial charge in [0, 0.05) is 37.3 Å². The molecule has 0 aliphatic carbocycles. The number of nitrogens with zero attached hydrogens (tertiary/aromatic N) is 3. The highest BCUT2D eigenvalue weighted by Crippen LogP contribution is 2.24. The molecule has 0 aromatic heterocycles. The fourth-order valence-corrected chi connectivity index (χ4v) is 3.89. The first kappa shape index (κ1) is 23.5. The normalized spacial score (nSPS) is 12.5. The second-order valence-electron chi connectivity index (χ2n) is 8.02. The van der Waals surface area contributed by atoms with Crippen molar-refractivity contribution in [3.05, 3.63) is 115 Å². The number of nitrogens with one attached hydrogen (secondary N) is 1. The smallest absolute Gasteiger partial charge is 0.277 e. The Morgan fingerprint density at radius 1 is 0.886 bits per heavy atom. The maximum Gasteiger partial charge on any atom is 0.277 e. The Hall–Kier alpha value is -4.67. The molecule has 0 spiro atoms. The van der Waals surface area contributed by atoms with E-state index in [4.69, 9.17) is 0 Å². The molecule has 0 atom stereocenters. The van der Waals surface area contributed by atoms with Gasteiger partial charge in [0.25, 0.3) is 23.2 Å². The summed E-state index contributed by atoms with van der Waals surface area (Å²) in [5, 5.41) is 24.7. The third-order valence-electron chi connectivity index (χ3n) is 5.70. The number of fused-ring (bicyclic) bond motifs is 1. The van der Waals surface area contributed by atoms with Crippen LogP contribution in [0, 0.1) is 26.0 Å². The molecule has 3 aromatic rings. The summed E-state index contributed by atoms with van der Waals surface area (Å²) in [6.07, 6.45) is 0.598. The van der Waals surface area contributed by atoms with E-state index in [0.29, 0.717) is 25.1 Å². The monoisotopic (exact) mass is 478 g/mol. The summed E-state index contributed by atoms with van der Waals surface area (Å²) in [5.74, 6) is -1.27. The van der Waals surface area contributed by atoms with Gasteiger partial charge < -0.3 is 10.2 Å². The molecule has 1 N–H and O–H groups in total. The lowest BCUT2D eigenvalue weighted by molar-refractivity contribution is -0.394. The minimum Gasteiger partial charge on any atom is -0.348 e. The molecule has 178 valence electrons. The fourth-order valence-electron chi connectivity index (χ4n) is 3.89. The number of benzene rings is 3. The number of hydrogen-bond acceptors (Lipinski definition) is 6. The Bertz CT molecular complexity index is 1310. The Morgan fingerprint density at radius 3 is 2.17 bits per heavy atom. The summed E-state index contributed by atoms with van der Waals surface area (Å²) < 4.78 is 13.1. The molecule has 11 heteroatoms. The molecule has 1 aliphatic heterocycles. The van der Waals surface area contributed by atoms with Crippen LogP contribution in [-0.2, 0) is 19.5 Å². The van der Waals surface area contributed by atoms with Gasteiger partial charge in [0.05, 0.1) is 21.5 Å². The molecule has 0 radical (unpaired) electrons. The third kappa shape index (κ3) is 5.29. The molecule has 0 saturated carbocycles. The van der Waals surface area contributed by atoms with E-state index in [1.165, 1.54) is 24.3 Å². The van der Waals surface area contributed by atoms with Gasteiger partial charge in [-0.2, -0.15) is 0 Å². The van der Waals surface area contributed by atoms with E-state index in [0.717, 1.165) is 34.9 Å². The zero-order valence-electron chi connectivity index (χ0n) is 18.3. The van der Waals surface area contributed by atoms with Gasteiger partial charge in [-0.25, -0.2) is 4.39 Å². The molecule has 3 aromatic carbocycles. The van der Waals surface area contributed by atoms with Crippen molar-refractivity contribution in [2.75, 3.05) is 6.54 Å². The van der Waals surface area contributed by atoms with Crippen molar-refractivity contribution in [2.24, 2.45) is 0 Å². The van der Waals surface area contributed by atoms with Crippen molar-refractivity contribution in [3.8, 4) is 0 Å². The topological polar surface area (TPSA) is 136 Å². The van der Waals surface area contributed by atoms with Crippen LogP contribution in [0.25, 0.3) is 0 Å². The summed E-state index contributed by atoms with van der Waals surface area (Å²) in [5.41, 5.74) is 1.89. The van der Waals surface area contributed by atoms with Crippen LogP contribution >= 0.6 is 0 Å². The summed E-state index contributed by atoms with van der Waals surface area (Å²) in [6, 6.07) is 13.7. The van der Waals surface area contributed by atoms with E-state index in [-0.39, 0.29) is 18.0 Å². The second-order valence-corrected chi connectivity index (χ2v) is 8.02. The number of non-ortho nitro benzene ring substituents is 2. The number of carbonyl (C=O) groups excluding carboxylic acids is 2. The van der Waals surface area contributed by atoms with Crippen LogP contribution in [0.4, 0.5) is 15.8 Å². The molecule has 0 saturated heterocycles. The van der Waals surface area contributed by atoms with Crippen molar-refractivity contribution < 1.29 is 23.8 Å². The van der Waals surface area contributed by atoms with Crippen LogP contribution in [0.15, 0.2) is 60.7 Å². The number of amides is 2. The maximum atomic E-state index is 13.1. The number of hydrogen-bond donors (Lipinski definition) is 1. The first-order valence-electron chi connectivity index (χ1n) is 10.6. The number of nitro groups is 2. The van der Waals surface area contributed by atoms with Gasteiger partial charge in [0.1, 0.15) is 5.82 Å². The predicted molar refractivity (Wildman–Crippen MR) is 122 cm³/mol. The SMILES string of the molecule is O=C(NCc1ccc2c(c1)CCN(C(=O)c1ccc(F)cc1)C2)c1cc([N+](=O)[O-])cc([N+](=O)[O-])c1. The summed E-state index contributed by atoms with van der Waals surface area (Å²) >= 11 is 0. The summed E-state index contributed by atoms with van der Waals surface area (Å²) in [6.45, 7) is 0.993. The van der Waals surface area contributed by atoms with Gasteiger partial charge >= 0.3 is 0 Å². The Kier molecular flexibility index (Phi) is 6.49. The van der Waals surface area contributed by atoms with Gasteiger partial charge in [0.15, 0.2) is 0 Å². The van der Waals surface area contributed by atoms with Crippen LogP contribution in [-0.4, -0.2) is 33.1 Å². The Morgan fingerprint density at radius 2 is 1.54 bits per heavy atom. The van der Waals surface area contributed by atoms with E-state index in [9.17, 15) is 34.2 Å². The number of rotatable bonds is 6. The average Bonchev–Trinajstić information content (AvgIpc) is 2.86. The van der Waals surface area contributed by atoms with E-state index in [1.807, 2.05) is 12.1 Å². The van der Waals surface area contributed by atoms with Crippen molar-refractivity contribution in [1.82, 2.24) is 10.2 Å². The molecule has 4 rings (SSSR count). The van der Waals surface area contributed by atoms with Crippen LogP contribution in [0.3, 0.4) is 0 Å². The first-order chi connectivity index (χ1) is 16.7. The molecule has 1 heterocycles. The fraction of sp³-hybridized carbons (Fsp3) is 0.167. The minimum absolute atomic E-state index is 0.112. The van der Waals surface area contributed by atoms with Gasteiger partial charge in [-0.15, -0.1) is 0 Å². The lowest BCUT2D eigenvalue weighted by atomic mass is 9.96. The van der Waals surface area contributed by atoms with Crippen molar-refractivity contribution >= 4 is 23.2 Å². The van der Waals surface area contributed by atoms with Crippen LogP contribution < -0.4 is 5.32 Å². The van der Waals surface area contributed by atoms with Crippen molar-refractivity contribution in [3.63, 3.8) is 0 Å². The largest absolute Gasteiger partial charge is 0.348 e. The Balaban J connectivity index is 1.42. The average molecular weight is 478 g/mol. The van der Waals surface area contributed by atoms with Crippen molar-refractivity contribution in [1.29, 1.82) is 0 Å². The third-order valence-corrected chi connectivity index (χ3v) is 5.70. The van der Waals surface area contributed by atoms with Gasteiger partial charge in [-0.05, 0) is 47.4 Å². The van der Waals surface area contributed by atoms with E-state index >= 15 is 0 Å². The van der Waals surface area contributed by atoms with Gasteiger partial charge in [-0.1, -0.05) is 18.2 Å². The van der Waals surface area contributed by atoms with E-state index < -0.39 is 32.9 Å². The minimum atomic E-state index is -0.794. The molecular formula is C24H19FN4O6. The summed E-state index contributed by atoms with van der Waals surface area (Å²) in [7, 11) is 0. The zero-order valence-corrected chi connectivity index (χ0v) is 18.3. The molecule has 10 nitrogen and oxygen atoms in total. The lowest BCUT2D eigenvalue weighted by Gasteiger charge is -2.29. The summed E-state index contributed by atoms with van der Waals surface area (Å²) in [4.78, 5) is 47.4. The number of carbonyl (C=O) groups is 2. The van der Waals surface area contributed by atoms with Crippen LogP contribution in [0.1, 0.15) is 37.4 Å². The second kappa shape index (κ2) is 9.67.